The highest BCUT2D eigenvalue weighted by Crippen LogP contribution is 2.56. The molecule has 3 aliphatic heterocycles. The van der Waals surface area contributed by atoms with Gasteiger partial charge in [0.1, 0.15) is 23.7 Å². The molecule has 10 rings (SSSR count). The van der Waals surface area contributed by atoms with Gasteiger partial charge in [0.25, 0.3) is 0 Å². The van der Waals surface area contributed by atoms with Gasteiger partial charge in [-0.2, -0.15) is 0 Å². The first kappa shape index (κ1) is 44.6. The van der Waals surface area contributed by atoms with Gasteiger partial charge in [0, 0.05) is 13.0 Å². The summed E-state index contributed by atoms with van der Waals surface area (Å²) in [7, 11) is 2.59. The van der Waals surface area contributed by atoms with E-state index in [1.807, 2.05) is 38.8 Å². The number of aromatic nitrogens is 4. The van der Waals surface area contributed by atoms with Crippen molar-refractivity contribution in [2.75, 3.05) is 40.5 Å². The Kier molecular flexibility index (Phi) is 11.8. The lowest BCUT2D eigenvalue weighted by atomic mass is 9.73. The van der Waals surface area contributed by atoms with Crippen molar-refractivity contribution in [3.63, 3.8) is 0 Å². The Balaban J connectivity index is 0.896. The minimum atomic E-state index is -0.933. The Morgan fingerprint density at radius 3 is 2.07 bits per heavy atom. The molecule has 1 spiro atoms. The number of fused-ring (bicyclic) bond motifs is 4. The predicted molar refractivity (Wildman–Crippen MR) is 249 cm³/mol. The highest BCUT2D eigenvalue weighted by Gasteiger charge is 2.53. The first-order chi connectivity index (χ1) is 32.3. The molecule has 3 saturated heterocycles. The van der Waals surface area contributed by atoms with E-state index in [0.717, 1.165) is 58.5 Å². The van der Waals surface area contributed by atoms with Crippen LogP contribution in [0, 0.1) is 17.8 Å². The van der Waals surface area contributed by atoms with Crippen LogP contribution in [0.3, 0.4) is 0 Å². The first-order valence-corrected chi connectivity index (χ1v) is 23.7. The molecule has 5 heterocycles. The standard InChI is InChI=1S/C51H60N8O8/c1-27(2)43(56-49(62)64-5)47(60)58-19-7-8-40(58)46-53-37-18-14-32(23-38(37)54-46)33-16-17-34(42-35-15-13-31(35)22-36(33)42)29-9-11-30(12-10-29)39-25-52-45(55-39)41-24-51(66-20-21-67-51)26-59(41)48(61)44(28(3)4)57-50(63)65-6/h9-12,14,16-18,23,25,27-28,31,35,40-41,43-44H,7-8,13,15,19-22,24,26H2,1-6H3,(H,52,55)(H,53,54)(H,56,62)(H,57,63)/t31?,35?,40-,41-,43-,44+/m0/s1. The monoisotopic (exact) mass is 912 g/mol. The molecule has 5 aliphatic rings. The van der Waals surface area contributed by atoms with E-state index < -0.39 is 36.1 Å². The lowest BCUT2D eigenvalue weighted by molar-refractivity contribution is -0.153. The molecule has 4 N–H and O–H groups in total. The number of amides is 4. The van der Waals surface area contributed by atoms with E-state index in [9.17, 15) is 19.2 Å². The van der Waals surface area contributed by atoms with Gasteiger partial charge in [0.2, 0.25) is 11.8 Å². The molecule has 4 amide bonds. The van der Waals surface area contributed by atoms with E-state index in [0.29, 0.717) is 43.8 Å². The van der Waals surface area contributed by atoms with Crippen molar-refractivity contribution in [3.8, 4) is 33.5 Å². The highest BCUT2D eigenvalue weighted by molar-refractivity contribution is 5.89. The van der Waals surface area contributed by atoms with E-state index in [-0.39, 0.29) is 36.2 Å². The number of methoxy groups -OCH3 is 2. The number of alkyl carbamates (subject to hydrolysis) is 2. The number of nitrogens with one attached hydrogen (secondary N) is 4. The lowest BCUT2D eigenvalue weighted by Gasteiger charge is -2.31. The largest absolute Gasteiger partial charge is 0.453 e. The van der Waals surface area contributed by atoms with Crippen LogP contribution >= 0.6 is 0 Å². The fourth-order valence-corrected chi connectivity index (χ4v) is 11.2. The molecule has 67 heavy (non-hydrogen) atoms. The van der Waals surface area contributed by atoms with Gasteiger partial charge in [0.15, 0.2) is 5.79 Å². The van der Waals surface area contributed by atoms with E-state index in [1.165, 1.54) is 49.3 Å². The molecule has 4 fully saturated rings. The molecule has 1 saturated carbocycles. The zero-order valence-corrected chi connectivity index (χ0v) is 39.0. The second-order valence-corrected chi connectivity index (χ2v) is 19.5. The maximum Gasteiger partial charge on any atom is 0.407 e. The minimum Gasteiger partial charge on any atom is -0.453 e. The van der Waals surface area contributed by atoms with Crippen LogP contribution in [0.4, 0.5) is 9.59 Å². The van der Waals surface area contributed by atoms with Crippen molar-refractivity contribution in [1.29, 1.82) is 0 Å². The number of likely N-dealkylation sites (tertiary alicyclic amines) is 2. The molecule has 16 heteroatoms. The SMILES string of the molecule is COC(=O)N[C@H](C(=O)N1CCC[C@H]1c1nc2ccc(-c3ccc(-c4ccc(-c5cnc([C@@H]6CC7(CN6C(=O)[C@H](NC(=O)OC)C(C)C)OCCO7)[nH]5)cc4)c4c3CC3CCC43)cc2[nH]1)C(C)C. The molecule has 0 bridgehead atoms. The summed E-state index contributed by atoms with van der Waals surface area (Å²) in [5.74, 6) is 0.944. The van der Waals surface area contributed by atoms with Crippen molar-refractivity contribution in [3.05, 3.63) is 83.6 Å². The summed E-state index contributed by atoms with van der Waals surface area (Å²) < 4.78 is 21.8. The molecule has 6 atom stereocenters. The molecule has 3 aromatic carbocycles. The molecule has 2 unspecified atom stereocenters. The van der Waals surface area contributed by atoms with Gasteiger partial charge in [-0.1, -0.05) is 70.2 Å². The summed E-state index contributed by atoms with van der Waals surface area (Å²) in [6, 6.07) is 17.4. The topological polar surface area (TPSA) is 193 Å². The number of ether oxygens (including phenoxy) is 4. The Labute approximate surface area is 389 Å². The smallest absolute Gasteiger partial charge is 0.407 e. The highest BCUT2D eigenvalue weighted by atomic mass is 16.7. The van der Waals surface area contributed by atoms with Gasteiger partial charge >= 0.3 is 12.2 Å². The van der Waals surface area contributed by atoms with Crippen LogP contribution in [0.1, 0.15) is 101 Å². The molecule has 352 valence electrons. The number of H-pyrrole nitrogens is 2. The molecular formula is C51H60N8O8. The summed E-state index contributed by atoms with van der Waals surface area (Å²) >= 11 is 0. The van der Waals surface area contributed by atoms with Gasteiger partial charge < -0.3 is 49.3 Å². The second-order valence-electron chi connectivity index (χ2n) is 19.5. The summed E-state index contributed by atoms with van der Waals surface area (Å²) in [6.07, 6.45) is 6.04. The van der Waals surface area contributed by atoms with E-state index in [2.05, 4.69) is 75.2 Å². The first-order valence-electron chi connectivity index (χ1n) is 23.7. The van der Waals surface area contributed by atoms with E-state index >= 15 is 0 Å². The zero-order valence-electron chi connectivity index (χ0n) is 39.0. The van der Waals surface area contributed by atoms with Crippen LogP contribution in [-0.2, 0) is 35.0 Å². The fraction of sp³-hybridized carbons (Fsp3) is 0.490. The Bertz CT molecular complexity index is 2700. The summed E-state index contributed by atoms with van der Waals surface area (Å²) in [4.78, 5) is 72.7. The molecule has 16 nitrogen and oxygen atoms in total. The predicted octanol–water partition coefficient (Wildman–Crippen LogP) is 7.78. The third-order valence-electron chi connectivity index (χ3n) is 14.9. The third-order valence-corrected chi connectivity index (χ3v) is 14.9. The zero-order chi connectivity index (χ0) is 46.7. The summed E-state index contributed by atoms with van der Waals surface area (Å²) in [6.45, 7) is 9.31. The molecular weight excluding hydrogens is 853 g/mol. The average molecular weight is 913 g/mol. The van der Waals surface area contributed by atoms with Gasteiger partial charge in [-0.05, 0) is 107 Å². The van der Waals surface area contributed by atoms with Crippen LogP contribution in [0.25, 0.3) is 44.5 Å². The van der Waals surface area contributed by atoms with Crippen molar-refractivity contribution < 1.29 is 38.1 Å². The number of benzene rings is 3. The van der Waals surface area contributed by atoms with Gasteiger partial charge in [-0.15, -0.1) is 0 Å². The maximum absolute atomic E-state index is 14.1. The normalized spacial score (nSPS) is 22.5. The number of carbonyl (C=O) groups is 4. The van der Waals surface area contributed by atoms with Crippen molar-refractivity contribution in [2.24, 2.45) is 17.8 Å². The minimum absolute atomic E-state index is 0.111. The van der Waals surface area contributed by atoms with Gasteiger partial charge in [-0.25, -0.2) is 19.6 Å². The average Bonchev–Trinajstić information content (AvgIpc) is 4.19. The van der Waals surface area contributed by atoms with Crippen LogP contribution < -0.4 is 10.6 Å². The van der Waals surface area contributed by atoms with E-state index in [4.69, 9.17) is 28.9 Å². The number of nitrogens with zero attached hydrogens (tertiary/aromatic N) is 4. The summed E-state index contributed by atoms with van der Waals surface area (Å²) in [5, 5.41) is 5.46. The molecule has 2 aromatic heterocycles. The van der Waals surface area contributed by atoms with Crippen molar-refractivity contribution in [1.82, 2.24) is 40.4 Å². The number of hydrogen-bond donors (Lipinski definition) is 4. The lowest BCUT2D eigenvalue weighted by Crippen LogP contribution is -2.52. The quantitative estimate of drug-likeness (QED) is 0.102. The summed E-state index contributed by atoms with van der Waals surface area (Å²) in [5.41, 5.74) is 11.3. The van der Waals surface area contributed by atoms with Gasteiger partial charge in [0.05, 0.1) is 69.0 Å². The van der Waals surface area contributed by atoms with Gasteiger partial charge in [-0.3, -0.25) is 9.59 Å². The Hall–Kier alpha value is -6.26. The second kappa shape index (κ2) is 17.8. The van der Waals surface area contributed by atoms with Crippen LogP contribution in [0.2, 0.25) is 0 Å². The number of rotatable bonds is 11. The van der Waals surface area contributed by atoms with Crippen LogP contribution in [-0.4, -0.2) is 112 Å². The number of aromatic amines is 2. The molecule has 5 aromatic rings. The van der Waals surface area contributed by atoms with Crippen LogP contribution in [0.15, 0.2) is 60.8 Å². The number of hydrogen-bond acceptors (Lipinski definition) is 10. The third kappa shape index (κ3) is 8.11. The number of imidazole rings is 2. The number of carbonyl (C=O) groups excluding carboxylic acids is 4. The molecule has 2 aliphatic carbocycles. The van der Waals surface area contributed by atoms with Crippen molar-refractivity contribution >= 4 is 35.0 Å². The Morgan fingerprint density at radius 1 is 0.761 bits per heavy atom. The van der Waals surface area contributed by atoms with Crippen molar-refractivity contribution in [2.45, 2.75) is 102 Å². The Morgan fingerprint density at radius 2 is 1.42 bits per heavy atom. The molecule has 0 radical (unpaired) electrons. The van der Waals surface area contributed by atoms with Crippen LogP contribution in [0.5, 0.6) is 0 Å². The van der Waals surface area contributed by atoms with E-state index in [1.54, 1.807) is 4.90 Å². The maximum atomic E-state index is 14.1. The fourth-order valence-electron chi connectivity index (χ4n) is 11.2.